The minimum Gasteiger partial charge on any atom is -0.497 e. The lowest BCUT2D eigenvalue weighted by atomic mass is 9.93. The Morgan fingerprint density at radius 3 is 2.76 bits per heavy atom. The van der Waals surface area contributed by atoms with Gasteiger partial charge in [-0.15, -0.1) is 0 Å². The predicted molar refractivity (Wildman–Crippen MR) is 113 cm³/mol. The third kappa shape index (κ3) is 4.62. The molecule has 0 bridgehead atoms. The monoisotopic (exact) mass is 387 g/mol. The highest BCUT2D eigenvalue weighted by Gasteiger charge is 2.25. The number of aromatic nitrogens is 2. The van der Waals surface area contributed by atoms with Crippen LogP contribution in [0.5, 0.6) is 5.75 Å². The van der Waals surface area contributed by atoms with Crippen molar-refractivity contribution in [1.29, 1.82) is 0 Å². The molecular formula is C24H25N3O2. The van der Waals surface area contributed by atoms with Gasteiger partial charge in [0.25, 0.3) is 0 Å². The molecule has 1 saturated heterocycles. The van der Waals surface area contributed by atoms with Crippen LogP contribution in [-0.4, -0.2) is 41.0 Å². The zero-order valence-electron chi connectivity index (χ0n) is 16.6. The molecule has 1 fully saturated rings. The zero-order chi connectivity index (χ0) is 20.1. The Kier molecular flexibility index (Phi) is 5.84. The van der Waals surface area contributed by atoms with Gasteiger partial charge in [-0.3, -0.25) is 14.8 Å². The van der Waals surface area contributed by atoms with Crippen LogP contribution < -0.4 is 4.74 Å². The summed E-state index contributed by atoms with van der Waals surface area (Å²) in [6.45, 7) is 1.53. The number of rotatable bonds is 5. The molecule has 0 radical (unpaired) electrons. The van der Waals surface area contributed by atoms with E-state index in [0.717, 1.165) is 54.2 Å². The fraction of sp³-hybridized carbons (Fsp3) is 0.292. The molecule has 0 spiro atoms. The number of benzene rings is 1. The van der Waals surface area contributed by atoms with Crippen LogP contribution in [0.1, 0.15) is 30.0 Å². The summed E-state index contributed by atoms with van der Waals surface area (Å²) >= 11 is 0. The maximum absolute atomic E-state index is 12.8. The number of carbonyl (C=O) groups is 1. The number of likely N-dealkylation sites (tertiary alicyclic amines) is 1. The van der Waals surface area contributed by atoms with E-state index < -0.39 is 0 Å². The van der Waals surface area contributed by atoms with Crippen LogP contribution in [0.3, 0.4) is 0 Å². The number of hydrogen-bond donors (Lipinski definition) is 0. The van der Waals surface area contributed by atoms with E-state index in [9.17, 15) is 4.79 Å². The van der Waals surface area contributed by atoms with Crippen LogP contribution >= 0.6 is 0 Å². The molecule has 29 heavy (non-hydrogen) atoms. The summed E-state index contributed by atoms with van der Waals surface area (Å²) in [5.41, 5.74) is 4.02. The molecule has 1 aliphatic heterocycles. The molecule has 1 aromatic carbocycles. The van der Waals surface area contributed by atoms with Crippen molar-refractivity contribution in [3.05, 3.63) is 78.2 Å². The lowest BCUT2D eigenvalue weighted by Crippen LogP contribution is -2.40. The number of amides is 1. The molecular weight excluding hydrogens is 362 g/mol. The fourth-order valence-corrected chi connectivity index (χ4v) is 3.84. The second-order valence-corrected chi connectivity index (χ2v) is 7.39. The van der Waals surface area contributed by atoms with Crippen molar-refractivity contribution in [2.45, 2.75) is 25.2 Å². The van der Waals surface area contributed by atoms with Crippen molar-refractivity contribution in [3.63, 3.8) is 0 Å². The lowest BCUT2D eigenvalue weighted by molar-refractivity contribution is -0.131. The summed E-state index contributed by atoms with van der Waals surface area (Å²) < 4.78 is 5.24. The van der Waals surface area contributed by atoms with E-state index in [0.29, 0.717) is 6.42 Å². The van der Waals surface area contributed by atoms with Crippen molar-refractivity contribution >= 4 is 5.91 Å². The second-order valence-electron chi connectivity index (χ2n) is 7.39. The Morgan fingerprint density at radius 1 is 1.14 bits per heavy atom. The topological polar surface area (TPSA) is 55.3 Å². The van der Waals surface area contributed by atoms with Crippen LogP contribution in [0, 0.1) is 0 Å². The summed E-state index contributed by atoms with van der Waals surface area (Å²) in [6, 6.07) is 17.9. The highest BCUT2D eigenvalue weighted by Crippen LogP contribution is 2.28. The quantitative estimate of drug-likeness (QED) is 0.661. The molecule has 0 saturated carbocycles. The van der Waals surface area contributed by atoms with Crippen molar-refractivity contribution in [2.75, 3.05) is 20.2 Å². The summed E-state index contributed by atoms with van der Waals surface area (Å²) in [5.74, 6) is 1.26. The molecule has 148 valence electrons. The maximum Gasteiger partial charge on any atom is 0.227 e. The maximum atomic E-state index is 12.8. The predicted octanol–water partition coefficient (Wildman–Crippen LogP) is 4.10. The zero-order valence-corrected chi connectivity index (χ0v) is 16.6. The van der Waals surface area contributed by atoms with E-state index in [-0.39, 0.29) is 11.8 Å². The average molecular weight is 387 g/mol. The summed E-state index contributed by atoms with van der Waals surface area (Å²) in [6.07, 6.45) is 5.94. The molecule has 0 N–H and O–H groups in total. The van der Waals surface area contributed by atoms with Crippen LogP contribution in [-0.2, 0) is 11.2 Å². The Labute approximate surface area is 171 Å². The van der Waals surface area contributed by atoms with E-state index in [1.807, 2.05) is 47.4 Å². The average Bonchev–Trinajstić information content (AvgIpc) is 2.80. The molecule has 1 amide bonds. The highest BCUT2D eigenvalue weighted by atomic mass is 16.5. The highest BCUT2D eigenvalue weighted by molar-refractivity contribution is 5.78. The molecule has 5 nitrogen and oxygen atoms in total. The van der Waals surface area contributed by atoms with Crippen molar-refractivity contribution < 1.29 is 9.53 Å². The number of hydrogen-bond acceptors (Lipinski definition) is 4. The first-order chi connectivity index (χ1) is 14.2. The number of nitrogens with zero attached hydrogens (tertiary/aromatic N) is 3. The lowest BCUT2D eigenvalue weighted by Gasteiger charge is -2.32. The number of ether oxygens (including phenoxy) is 1. The Hall–Kier alpha value is -3.21. The molecule has 0 unspecified atom stereocenters. The van der Waals surface area contributed by atoms with Gasteiger partial charge >= 0.3 is 0 Å². The summed E-state index contributed by atoms with van der Waals surface area (Å²) in [4.78, 5) is 23.8. The molecule has 0 aliphatic carbocycles. The third-order valence-electron chi connectivity index (χ3n) is 5.43. The summed E-state index contributed by atoms with van der Waals surface area (Å²) in [5, 5.41) is 0. The van der Waals surface area contributed by atoms with E-state index in [1.54, 1.807) is 19.5 Å². The largest absolute Gasteiger partial charge is 0.497 e. The van der Waals surface area contributed by atoms with E-state index >= 15 is 0 Å². The first-order valence-corrected chi connectivity index (χ1v) is 10.0. The van der Waals surface area contributed by atoms with Crippen LogP contribution in [0.2, 0.25) is 0 Å². The van der Waals surface area contributed by atoms with Crippen molar-refractivity contribution in [2.24, 2.45) is 0 Å². The van der Waals surface area contributed by atoms with Crippen LogP contribution in [0.25, 0.3) is 11.3 Å². The first kappa shape index (κ1) is 19.1. The molecule has 3 heterocycles. The number of methoxy groups -OCH3 is 1. The molecule has 5 heteroatoms. The fourth-order valence-electron chi connectivity index (χ4n) is 3.84. The van der Waals surface area contributed by atoms with Crippen LogP contribution in [0.4, 0.5) is 0 Å². The Balaban J connectivity index is 1.47. The second kappa shape index (κ2) is 8.86. The SMILES string of the molecule is COc1ccc(-c2cccc([C@@H]3CCCN(C(=O)Cc4cccnc4)C3)n2)cc1. The van der Waals surface area contributed by atoms with Gasteiger partial charge in [-0.1, -0.05) is 12.1 Å². The van der Waals surface area contributed by atoms with Gasteiger partial charge in [-0.05, 0) is 60.9 Å². The normalized spacial score (nSPS) is 16.4. The molecule has 2 aromatic heterocycles. The molecule has 4 rings (SSSR count). The number of carbonyl (C=O) groups excluding carboxylic acids is 1. The first-order valence-electron chi connectivity index (χ1n) is 10.0. The summed E-state index contributed by atoms with van der Waals surface area (Å²) in [7, 11) is 1.66. The van der Waals surface area contributed by atoms with Gasteiger partial charge in [0.15, 0.2) is 0 Å². The van der Waals surface area contributed by atoms with Gasteiger partial charge in [0.05, 0.1) is 19.2 Å². The standard InChI is InChI=1S/C24H25N3O2/c1-29-21-11-9-19(10-12-21)22-7-2-8-23(26-22)20-6-4-14-27(17-20)24(28)15-18-5-3-13-25-16-18/h2-3,5,7-13,16,20H,4,6,14-15,17H2,1H3/t20-/m1/s1. The van der Waals surface area contributed by atoms with Gasteiger partial charge in [-0.25, -0.2) is 0 Å². The Morgan fingerprint density at radius 2 is 2.00 bits per heavy atom. The minimum absolute atomic E-state index is 0.161. The minimum atomic E-state index is 0.161. The number of pyridine rings is 2. The van der Waals surface area contributed by atoms with Crippen molar-refractivity contribution in [1.82, 2.24) is 14.9 Å². The van der Waals surface area contributed by atoms with Gasteiger partial charge < -0.3 is 9.64 Å². The molecule has 1 atom stereocenters. The molecule has 3 aromatic rings. The van der Waals surface area contributed by atoms with Crippen LogP contribution in [0.15, 0.2) is 67.0 Å². The van der Waals surface area contributed by atoms with E-state index in [2.05, 4.69) is 17.1 Å². The van der Waals surface area contributed by atoms with Crippen molar-refractivity contribution in [3.8, 4) is 17.0 Å². The van der Waals surface area contributed by atoms with E-state index in [1.165, 1.54) is 0 Å². The van der Waals surface area contributed by atoms with Gasteiger partial charge in [0, 0.05) is 42.7 Å². The van der Waals surface area contributed by atoms with Gasteiger partial charge in [-0.2, -0.15) is 0 Å². The smallest absolute Gasteiger partial charge is 0.227 e. The van der Waals surface area contributed by atoms with E-state index in [4.69, 9.17) is 9.72 Å². The molecule has 1 aliphatic rings. The number of piperidine rings is 1. The van der Waals surface area contributed by atoms with Gasteiger partial charge in [0.2, 0.25) is 5.91 Å². The third-order valence-corrected chi connectivity index (χ3v) is 5.43. The van der Waals surface area contributed by atoms with Gasteiger partial charge in [0.1, 0.15) is 5.75 Å². The Bertz CT molecular complexity index is 957.